The van der Waals surface area contributed by atoms with Gasteiger partial charge in [0.1, 0.15) is 0 Å². The summed E-state index contributed by atoms with van der Waals surface area (Å²) in [5, 5.41) is 5.56. The summed E-state index contributed by atoms with van der Waals surface area (Å²) < 4.78 is 0. The molecule has 1 heterocycles. The molecule has 0 aliphatic heterocycles. The molecule has 0 aromatic carbocycles. The molecule has 1 aromatic heterocycles. The van der Waals surface area contributed by atoms with Crippen molar-refractivity contribution in [1.29, 1.82) is 0 Å². The van der Waals surface area contributed by atoms with Gasteiger partial charge >= 0.3 is 0 Å². The van der Waals surface area contributed by atoms with Crippen molar-refractivity contribution >= 4 is 17.3 Å². The Morgan fingerprint density at radius 2 is 2.16 bits per heavy atom. The van der Waals surface area contributed by atoms with Crippen molar-refractivity contribution in [2.24, 2.45) is 16.8 Å². The topological polar surface area (TPSA) is 62.4 Å². The van der Waals surface area contributed by atoms with E-state index < -0.39 is 0 Å². The highest BCUT2D eigenvalue weighted by Gasteiger charge is 2.20. The molecule has 4 nitrogen and oxygen atoms in total. The number of hydrogen-bond donors (Lipinski definition) is 3. The second-order valence-corrected chi connectivity index (χ2v) is 6.42. The lowest BCUT2D eigenvalue weighted by molar-refractivity contribution is 0.470. The third kappa shape index (κ3) is 3.94. The van der Waals surface area contributed by atoms with Crippen LogP contribution in [0, 0.1) is 5.92 Å². The molecular formula is C14H24N4S. The second-order valence-electron chi connectivity index (χ2n) is 5.44. The fourth-order valence-electron chi connectivity index (χ4n) is 2.51. The first kappa shape index (κ1) is 14.3. The minimum Gasteiger partial charge on any atom is -0.347 e. The van der Waals surface area contributed by atoms with Crippen LogP contribution in [0.5, 0.6) is 0 Å². The highest BCUT2D eigenvalue weighted by atomic mass is 32.1. The van der Waals surface area contributed by atoms with Crippen LogP contribution in [0.25, 0.3) is 0 Å². The van der Waals surface area contributed by atoms with Gasteiger partial charge < -0.3 is 5.32 Å². The first-order chi connectivity index (χ1) is 9.20. The highest BCUT2D eigenvalue weighted by molar-refractivity contribution is 7.10. The molecule has 1 atom stereocenters. The van der Waals surface area contributed by atoms with Crippen molar-refractivity contribution in [3.63, 3.8) is 0 Å². The van der Waals surface area contributed by atoms with Gasteiger partial charge in [-0.15, -0.1) is 11.3 Å². The predicted molar refractivity (Wildman–Crippen MR) is 82.0 cm³/mol. The average Bonchev–Trinajstić information content (AvgIpc) is 3.06. The molecular weight excluding hydrogens is 256 g/mol. The number of rotatable bonds is 4. The van der Waals surface area contributed by atoms with Crippen LogP contribution in [0.4, 0.5) is 0 Å². The van der Waals surface area contributed by atoms with E-state index >= 15 is 0 Å². The Labute approximate surface area is 119 Å². The van der Waals surface area contributed by atoms with E-state index in [-0.39, 0.29) is 6.04 Å². The Morgan fingerprint density at radius 1 is 1.42 bits per heavy atom. The van der Waals surface area contributed by atoms with E-state index in [0.29, 0.717) is 12.0 Å². The third-order valence-corrected chi connectivity index (χ3v) is 4.54. The average molecular weight is 280 g/mol. The summed E-state index contributed by atoms with van der Waals surface area (Å²) in [7, 11) is 0. The molecule has 1 aliphatic carbocycles. The summed E-state index contributed by atoms with van der Waals surface area (Å²) in [6.45, 7) is 4.42. The van der Waals surface area contributed by atoms with Crippen LogP contribution in [-0.2, 0) is 0 Å². The predicted octanol–water partition coefficient (Wildman–Crippen LogP) is 2.80. The first-order valence-corrected chi connectivity index (χ1v) is 7.93. The molecule has 0 amide bonds. The summed E-state index contributed by atoms with van der Waals surface area (Å²) >= 11 is 1.77. The summed E-state index contributed by atoms with van der Waals surface area (Å²) in [5.74, 6) is 6.82. The van der Waals surface area contributed by atoms with Gasteiger partial charge in [-0.05, 0) is 30.2 Å². The third-order valence-electron chi connectivity index (χ3n) is 3.58. The molecule has 4 N–H and O–H groups in total. The second kappa shape index (κ2) is 6.91. The van der Waals surface area contributed by atoms with Crippen molar-refractivity contribution in [3.8, 4) is 0 Å². The number of guanidine groups is 1. The molecule has 1 aromatic rings. The number of aliphatic imine (C=N–C) groups is 1. The lowest BCUT2D eigenvalue weighted by Crippen LogP contribution is -2.45. The van der Waals surface area contributed by atoms with Crippen LogP contribution in [0.15, 0.2) is 22.5 Å². The number of nitrogens with zero attached hydrogens (tertiary/aromatic N) is 1. The van der Waals surface area contributed by atoms with Crippen molar-refractivity contribution in [1.82, 2.24) is 10.7 Å². The van der Waals surface area contributed by atoms with Gasteiger partial charge in [0.05, 0.1) is 12.1 Å². The zero-order valence-corrected chi connectivity index (χ0v) is 12.5. The minimum atomic E-state index is 0.260. The van der Waals surface area contributed by atoms with Crippen molar-refractivity contribution in [2.45, 2.75) is 51.6 Å². The fraction of sp³-hybridized carbons (Fsp3) is 0.643. The zero-order valence-electron chi connectivity index (χ0n) is 11.7. The fourth-order valence-corrected chi connectivity index (χ4v) is 3.46. The van der Waals surface area contributed by atoms with E-state index in [4.69, 9.17) is 10.8 Å². The van der Waals surface area contributed by atoms with Crippen molar-refractivity contribution < 1.29 is 0 Å². The number of hydrazine groups is 1. The van der Waals surface area contributed by atoms with Gasteiger partial charge in [-0.1, -0.05) is 32.8 Å². The van der Waals surface area contributed by atoms with Gasteiger partial charge in [-0.3, -0.25) is 5.43 Å². The van der Waals surface area contributed by atoms with Gasteiger partial charge in [-0.2, -0.15) is 0 Å². The molecule has 0 spiro atoms. The highest BCUT2D eigenvalue weighted by Crippen LogP contribution is 2.26. The van der Waals surface area contributed by atoms with E-state index in [1.165, 1.54) is 30.6 Å². The standard InChI is InChI=1S/C14H24N4S/c1-10(2)13(12-8-5-9-19-12)17-14(18-15)16-11-6-3-4-7-11/h5,8-11,13H,3-4,6-7,15H2,1-2H3,(H2,16,17,18). The zero-order chi connectivity index (χ0) is 13.7. The summed E-state index contributed by atoms with van der Waals surface area (Å²) in [5.41, 5.74) is 2.72. The van der Waals surface area contributed by atoms with E-state index in [2.05, 4.69) is 42.1 Å². The maximum atomic E-state index is 5.61. The van der Waals surface area contributed by atoms with Crippen molar-refractivity contribution in [2.75, 3.05) is 0 Å². The molecule has 0 radical (unpaired) electrons. The number of nitrogens with two attached hydrogens (primary N) is 1. The first-order valence-electron chi connectivity index (χ1n) is 7.05. The van der Waals surface area contributed by atoms with Gasteiger partial charge in [0, 0.05) is 4.88 Å². The lowest BCUT2D eigenvalue weighted by atomic mass is 10.0. The molecule has 0 bridgehead atoms. The quantitative estimate of drug-likeness (QED) is 0.344. The molecule has 0 saturated heterocycles. The molecule has 106 valence electrons. The Kier molecular flexibility index (Phi) is 5.22. The number of thiophene rings is 1. The molecule has 1 aliphatic rings. The molecule has 1 unspecified atom stereocenters. The number of nitrogens with one attached hydrogen (secondary N) is 2. The van der Waals surface area contributed by atoms with E-state index in [0.717, 1.165) is 5.96 Å². The summed E-state index contributed by atoms with van der Waals surface area (Å²) in [4.78, 5) is 6.02. The van der Waals surface area contributed by atoms with Crippen LogP contribution in [0.2, 0.25) is 0 Å². The van der Waals surface area contributed by atoms with Crippen molar-refractivity contribution in [3.05, 3.63) is 22.4 Å². The van der Waals surface area contributed by atoms with Gasteiger partial charge in [0.2, 0.25) is 5.96 Å². The van der Waals surface area contributed by atoms with Crippen LogP contribution >= 0.6 is 11.3 Å². The van der Waals surface area contributed by atoms with E-state index in [1.807, 2.05) is 0 Å². The Bertz CT molecular complexity index is 394. The monoisotopic (exact) mass is 280 g/mol. The molecule has 2 rings (SSSR count). The minimum absolute atomic E-state index is 0.260. The maximum Gasteiger partial charge on any atom is 0.206 e. The van der Waals surface area contributed by atoms with Crippen LogP contribution in [0.3, 0.4) is 0 Å². The normalized spacial score (nSPS) is 18.8. The van der Waals surface area contributed by atoms with Gasteiger partial charge in [-0.25, -0.2) is 10.8 Å². The van der Waals surface area contributed by atoms with E-state index in [1.54, 1.807) is 11.3 Å². The van der Waals surface area contributed by atoms with Gasteiger partial charge in [0.25, 0.3) is 0 Å². The molecule has 1 saturated carbocycles. The molecule has 19 heavy (non-hydrogen) atoms. The van der Waals surface area contributed by atoms with Crippen LogP contribution < -0.4 is 16.6 Å². The SMILES string of the molecule is CC(C)C(NC(=NC1CCCC1)NN)c1cccs1. The Hall–Kier alpha value is -1.07. The number of hydrogen-bond acceptors (Lipinski definition) is 3. The van der Waals surface area contributed by atoms with Crippen LogP contribution in [0.1, 0.15) is 50.4 Å². The lowest BCUT2D eigenvalue weighted by Gasteiger charge is -2.23. The van der Waals surface area contributed by atoms with Gasteiger partial charge in [0.15, 0.2) is 0 Å². The van der Waals surface area contributed by atoms with E-state index in [9.17, 15) is 0 Å². The molecule has 5 heteroatoms. The molecule has 1 fully saturated rings. The summed E-state index contributed by atoms with van der Waals surface area (Å²) in [6, 6.07) is 4.93. The largest absolute Gasteiger partial charge is 0.347 e. The Balaban J connectivity index is 2.06. The Morgan fingerprint density at radius 3 is 2.68 bits per heavy atom. The van der Waals surface area contributed by atoms with Crippen LogP contribution in [-0.4, -0.2) is 12.0 Å². The smallest absolute Gasteiger partial charge is 0.206 e. The summed E-state index contributed by atoms with van der Waals surface area (Å²) in [6.07, 6.45) is 4.92. The maximum absolute atomic E-state index is 5.61.